The summed E-state index contributed by atoms with van der Waals surface area (Å²) in [6.07, 6.45) is 3.09. The first-order valence-corrected chi connectivity index (χ1v) is 11.6. The number of thiophene rings is 1. The molecule has 0 fully saturated rings. The second-order valence-corrected chi connectivity index (χ2v) is 9.18. The molecule has 2 rings (SSSR count). The molecule has 162 valence electrons. The van der Waals surface area contributed by atoms with Crippen LogP contribution in [0.15, 0.2) is 39.3 Å². The highest BCUT2D eigenvalue weighted by atomic mass is 79.9. The molecule has 0 aliphatic carbocycles. The number of esters is 1. The summed E-state index contributed by atoms with van der Waals surface area (Å²) in [5.74, 6) is -0.540. The molecule has 0 spiro atoms. The second kappa shape index (κ2) is 11.3. The lowest BCUT2D eigenvalue weighted by molar-refractivity contribution is -0.112. The monoisotopic (exact) mass is 566 g/mol. The van der Waals surface area contributed by atoms with Crippen molar-refractivity contribution in [3.8, 4) is 11.8 Å². The van der Waals surface area contributed by atoms with Crippen molar-refractivity contribution >= 4 is 66.2 Å². The third-order valence-corrected chi connectivity index (χ3v) is 6.43. The van der Waals surface area contributed by atoms with Gasteiger partial charge in [0.2, 0.25) is 0 Å². The molecule has 0 saturated heterocycles. The average Bonchev–Trinajstić information content (AvgIpc) is 2.98. The summed E-state index contributed by atoms with van der Waals surface area (Å²) < 4.78 is 12.0. The topological polar surface area (TPSA) is 88.4 Å². The van der Waals surface area contributed by atoms with Crippen LogP contribution in [-0.2, 0) is 9.53 Å². The highest BCUT2D eigenvalue weighted by molar-refractivity contribution is 9.11. The number of rotatable bonds is 8. The first-order valence-electron chi connectivity index (χ1n) is 9.16. The molecule has 2 aromatic rings. The van der Waals surface area contributed by atoms with Crippen LogP contribution in [0.2, 0.25) is 0 Å². The van der Waals surface area contributed by atoms with Crippen LogP contribution in [0.5, 0.6) is 5.75 Å². The third kappa shape index (κ3) is 6.06. The van der Waals surface area contributed by atoms with Crippen LogP contribution in [0.25, 0.3) is 6.08 Å². The number of anilines is 1. The van der Waals surface area contributed by atoms with E-state index in [-0.39, 0.29) is 12.2 Å². The van der Waals surface area contributed by atoms with Crippen LogP contribution in [0.4, 0.5) is 5.00 Å². The van der Waals surface area contributed by atoms with Gasteiger partial charge in [0.25, 0.3) is 5.91 Å². The maximum Gasteiger partial charge on any atom is 0.341 e. The van der Waals surface area contributed by atoms with E-state index < -0.39 is 11.9 Å². The standard InChI is InChI=1S/C22H20Br2N2O4S/c1-5-7-30-19-16(23)9-14(10-17(19)24)8-15(11-25)20(27)26-21-18(22(28)29-6-2)12(3)13(4)31-21/h5,8-10H,1,6-7H2,2-4H3,(H,26,27)/b15-8+. The molecule has 0 bridgehead atoms. The Morgan fingerprint density at radius 2 is 1.94 bits per heavy atom. The number of nitrogens with one attached hydrogen (secondary N) is 1. The van der Waals surface area contributed by atoms with E-state index >= 15 is 0 Å². The van der Waals surface area contributed by atoms with Crippen LogP contribution >= 0.6 is 43.2 Å². The van der Waals surface area contributed by atoms with E-state index in [9.17, 15) is 14.9 Å². The smallest absolute Gasteiger partial charge is 0.341 e. The molecular formula is C22H20Br2N2O4S. The van der Waals surface area contributed by atoms with Gasteiger partial charge in [-0.15, -0.1) is 11.3 Å². The van der Waals surface area contributed by atoms with Crippen molar-refractivity contribution in [3.63, 3.8) is 0 Å². The summed E-state index contributed by atoms with van der Waals surface area (Å²) >= 11 is 8.12. The fourth-order valence-corrected chi connectivity index (χ4v) is 5.09. The fourth-order valence-electron chi connectivity index (χ4n) is 2.59. The van der Waals surface area contributed by atoms with Gasteiger partial charge >= 0.3 is 5.97 Å². The number of aryl methyl sites for hydroxylation is 1. The van der Waals surface area contributed by atoms with E-state index in [0.717, 1.165) is 10.4 Å². The van der Waals surface area contributed by atoms with Crippen molar-refractivity contribution < 1.29 is 19.1 Å². The summed E-state index contributed by atoms with van der Waals surface area (Å²) in [6.45, 7) is 9.53. The summed E-state index contributed by atoms with van der Waals surface area (Å²) in [5, 5.41) is 12.6. The van der Waals surface area contributed by atoms with Crippen molar-refractivity contribution in [2.24, 2.45) is 0 Å². The van der Waals surface area contributed by atoms with E-state index in [4.69, 9.17) is 9.47 Å². The molecule has 1 heterocycles. The quantitative estimate of drug-likeness (QED) is 0.178. The number of halogens is 2. The van der Waals surface area contributed by atoms with Crippen molar-refractivity contribution in [1.82, 2.24) is 0 Å². The SMILES string of the molecule is C=CCOc1c(Br)cc(/C=C(\C#N)C(=O)Nc2sc(C)c(C)c2C(=O)OCC)cc1Br. The molecule has 1 amide bonds. The molecule has 6 nitrogen and oxygen atoms in total. The summed E-state index contributed by atoms with van der Waals surface area (Å²) in [5.41, 5.74) is 1.55. The second-order valence-electron chi connectivity index (χ2n) is 6.25. The van der Waals surface area contributed by atoms with Gasteiger partial charge < -0.3 is 14.8 Å². The summed E-state index contributed by atoms with van der Waals surface area (Å²) in [6, 6.07) is 5.38. The van der Waals surface area contributed by atoms with Gasteiger partial charge in [0.05, 0.1) is 21.1 Å². The van der Waals surface area contributed by atoms with Crippen LogP contribution in [0.3, 0.4) is 0 Å². The maximum atomic E-state index is 12.8. The number of hydrogen-bond acceptors (Lipinski definition) is 6. The molecule has 0 saturated carbocycles. The van der Waals surface area contributed by atoms with Gasteiger partial charge in [0.15, 0.2) is 0 Å². The van der Waals surface area contributed by atoms with Crippen LogP contribution in [0, 0.1) is 25.2 Å². The van der Waals surface area contributed by atoms with Crippen molar-refractivity contribution in [3.05, 3.63) is 60.9 Å². The van der Waals surface area contributed by atoms with Gasteiger partial charge in [0, 0.05) is 4.88 Å². The fraction of sp³-hybridized carbons (Fsp3) is 0.227. The Labute approximate surface area is 201 Å². The highest BCUT2D eigenvalue weighted by Crippen LogP contribution is 2.36. The van der Waals surface area contributed by atoms with E-state index in [2.05, 4.69) is 43.8 Å². The number of carbonyl (C=O) groups excluding carboxylic acids is 2. The minimum absolute atomic E-state index is 0.114. The molecular weight excluding hydrogens is 548 g/mol. The van der Waals surface area contributed by atoms with Crippen LogP contribution in [-0.4, -0.2) is 25.1 Å². The van der Waals surface area contributed by atoms with Gasteiger partial charge in [-0.2, -0.15) is 5.26 Å². The number of hydrogen-bond donors (Lipinski definition) is 1. The largest absolute Gasteiger partial charge is 0.487 e. The predicted octanol–water partition coefficient (Wildman–Crippen LogP) is 6.18. The van der Waals surface area contributed by atoms with Gasteiger partial charge in [-0.1, -0.05) is 12.7 Å². The molecule has 0 aliphatic rings. The Kier molecular flexibility index (Phi) is 9.04. The summed E-state index contributed by atoms with van der Waals surface area (Å²) in [4.78, 5) is 26.0. The Hall–Kier alpha value is -2.41. The molecule has 0 atom stereocenters. The van der Waals surface area contributed by atoms with Crippen LogP contribution < -0.4 is 10.1 Å². The van der Waals surface area contributed by atoms with Gasteiger partial charge in [-0.3, -0.25) is 4.79 Å². The lowest BCUT2D eigenvalue weighted by Gasteiger charge is -2.10. The lowest BCUT2D eigenvalue weighted by Crippen LogP contribution is -2.16. The number of amides is 1. The van der Waals surface area contributed by atoms with E-state index in [0.29, 0.717) is 37.4 Å². The van der Waals surface area contributed by atoms with Gasteiger partial charge in [-0.05, 0) is 82.0 Å². The Bertz CT molecular complexity index is 1080. The highest BCUT2D eigenvalue weighted by Gasteiger charge is 2.23. The number of carbonyl (C=O) groups is 2. The van der Waals surface area contributed by atoms with Crippen molar-refractivity contribution in [2.75, 3.05) is 18.5 Å². The molecule has 1 aromatic carbocycles. The maximum absolute atomic E-state index is 12.8. The molecule has 0 radical (unpaired) electrons. The van der Waals surface area contributed by atoms with Gasteiger partial charge in [0.1, 0.15) is 29.0 Å². The zero-order chi connectivity index (χ0) is 23.1. The first-order chi connectivity index (χ1) is 14.7. The molecule has 31 heavy (non-hydrogen) atoms. The molecule has 1 aromatic heterocycles. The number of ether oxygens (including phenoxy) is 2. The Morgan fingerprint density at radius 1 is 1.29 bits per heavy atom. The van der Waals surface area contributed by atoms with Crippen molar-refractivity contribution in [1.29, 1.82) is 5.26 Å². The number of benzene rings is 1. The number of nitrogens with zero attached hydrogens (tertiary/aromatic N) is 1. The van der Waals surface area contributed by atoms with E-state index in [1.807, 2.05) is 13.0 Å². The zero-order valence-corrected chi connectivity index (χ0v) is 21.2. The molecule has 1 N–H and O–H groups in total. The predicted molar refractivity (Wildman–Crippen MR) is 130 cm³/mol. The average molecular weight is 568 g/mol. The lowest BCUT2D eigenvalue weighted by atomic mass is 10.1. The summed E-state index contributed by atoms with van der Waals surface area (Å²) in [7, 11) is 0. The minimum Gasteiger partial charge on any atom is -0.487 e. The normalized spacial score (nSPS) is 10.9. The molecule has 9 heteroatoms. The van der Waals surface area contributed by atoms with Crippen molar-refractivity contribution in [2.45, 2.75) is 20.8 Å². The van der Waals surface area contributed by atoms with E-state index in [1.165, 1.54) is 17.4 Å². The first kappa shape index (κ1) is 24.9. The van der Waals surface area contributed by atoms with E-state index in [1.54, 1.807) is 32.1 Å². The number of nitriles is 1. The molecule has 0 unspecified atom stereocenters. The minimum atomic E-state index is -0.617. The third-order valence-electron chi connectivity index (χ3n) is 4.13. The Balaban J connectivity index is 2.34. The Morgan fingerprint density at radius 3 is 2.48 bits per heavy atom. The van der Waals surface area contributed by atoms with Gasteiger partial charge in [-0.25, -0.2) is 4.79 Å². The zero-order valence-electron chi connectivity index (χ0n) is 17.2. The molecule has 0 aliphatic heterocycles. The van der Waals surface area contributed by atoms with Crippen LogP contribution in [0.1, 0.15) is 33.3 Å².